The van der Waals surface area contributed by atoms with Crippen LogP contribution in [0.4, 0.5) is 13.2 Å². The molecule has 0 aliphatic heterocycles. The average molecular weight is 306 g/mol. The lowest BCUT2D eigenvalue weighted by molar-refractivity contribution is -0.274. The number of aromatic nitrogens is 1. The van der Waals surface area contributed by atoms with Crippen molar-refractivity contribution in [2.75, 3.05) is 0 Å². The van der Waals surface area contributed by atoms with E-state index in [0.717, 1.165) is 5.69 Å². The Labute approximate surface area is 104 Å². The predicted molar refractivity (Wildman–Crippen MR) is 60.2 cm³/mol. The highest BCUT2D eigenvalue weighted by Crippen LogP contribution is 2.31. The Morgan fingerprint density at radius 1 is 1.12 bits per heavy atom. The van der Waals surface area contributed by atoms with Gasteiger partial charge < -0.3 is 9.30 Å². The molecule has 0 atom stereocenters. The van der Waals surface area contributed by atoms with Crippen molar-refractivity contribution in [3.05, 3.63) is 47.2 Å². The second kappa shape index (κ2) is 4.44. The zero-order valence-electron chi connectivity index (χ0n) is 8.41. The van der Waals surface area contributed by atoms with Gasteiger partial charge in [0.15, 0.2) is 0 Å². The summed E-state index contributed by atoms with van der Waals surface area (Å²) < 4.78 is 42.0. The molecule has 1 aromatic carbocycles. The first-order valence-corrected chi connectivity index (χ1v) is 5.44. The molecule has 17 heavy (non-hydrogen) atoms. The van der Waals surface area contributed by atoms with Gasteiger partial charge >= 0.3 is 6.36 Å². The molecule has 0 spiro atoms. The monoisotopic (exact) mass is 305 g/mol. The number of benzene rings is 1. The quantitative estimate of drug-likeness (QED) is 0.813. The highest BCUT2D eigenvalue weighted by atomic mass is 79.9. The summed E-state index contributed by atoms with van der Waals surface area (Å²) in [5.74, 6) is -0.256. The van der Waals surface area contributed by atoms with E-state index in [2.05, 4.69) is 20.7 Å². The molecule has 1 aromatic heterocycles. The van der Waals surface area contributed by atoms with Crippen LogP contribution in [0.25, 0.3) is 5.69 Å². The first kappa shape index (κ1) is 12.0. The number of hydrogen-bond donors (Lipinski definition) is 0. The summed E-state index contributed by atoms with van der Waals surface area (Å²) in [4.78, 5) is 0. The van der Waals surface area contributed by atoms with Gasteiger partial charge in [0.25, 0.3) is 0 Å². The Morgan fingerprint density at radius 2 is 1.76 bits per heavy atom. The third-order valence-corrected chi connectivity index (χ3v) is 2.66. The third kappa shape index (κ3) is 3.03. The fourth-order valence-electron chi connectivity index (χ4n) is 1.36. The number of hydrogen-bond acceptors (Lipinski definition) is 1. The predicted octanol–water partition coefficient (Wildman–Crippen LogP) is 4.14. The SMILES string of the molecule is FC(F)(F)Oc1ccc(-n2cccc2)cc1Br. The third-order valence-electron chi connectivity index (χ3n) is 2.04. The second-order valence-electron chi connectivity index (χ2n) is 3.25. The van der Waals surface area contributed by atoms with Gasteiger partial charge in [0.05, 0.1) is 4.47 Å². The largest absolute Gasteiger partial charge is 0.573 e. The van der Waals surface area contributed by atoms with Gasteiger partial charge in [-0.1, -0.05) is 0 Å². The fourth-order valence-corrected chi connectivity index (χ4v) is 1.81. The van der Waals surface area contributed by atoms with Gasteiger partial charge in [-0.2, -0.15) is 0 Å². The van der Waals surface area contributed by atoms with Crippen molar-refractivity contribution in [2.45, 2.75) is 6.36 Å². The lowest BCUT2D eigenvalue weighted by Gasteiger charge is -2.11. The summed E-state index contributed by atoms with van der Waals surface area (Å²) >= 11 is 3.05. The van der Waals surface area contributed by atoms with E-state index in [1.165, 1.54) is 6.07 Å². The lowest BCUT2D eigenvalue weighted by atomic mass is 10.3. The summed E-state index contributed by atoms with van der Waals surface area (Å²) in [5.41, 5.74) is 0.747. The van der Waals surface area contributed by atoms with Crippen LogP contribution in [0.2, 0.25) is 0 Å². The molecule has 0 aliphatic carbocycles. The first-order valence-electron chi connectivity index (χ1n) is 4.64. The number of alkyl halides is 3. The maximum absolute atomic E-state index is 12.0. The molecule has 0 amide bonds. The minimum absolute atomic E-state index is 0.251. The highest BCUT2D eigenvalue weighted by molar-refractivity contribution is 9.10. The molecule has 0 bridgehead atoms. The minimum Gasteiger partial charge on any atom is -0.405 e. The molecule has 0 radical (unpaired) electrons. The second-order valence-corrected chi connectivity index (χ2v) is 4.11. The van der Waals surface area contributed by atoms with Gasteiger partial charge in [-0.25, -0.2) is 0 Å². The Hall–Kier alpha value is -1.43. The van der Waals surface area contributed by atoms with Gasteiger partial charge in [0.1, 0.15) is 5.75 Å². The normalized spacial score (nSPS) is 11.5. The van der Waals surface area contributed by atoms with Gasteiger partial charge in [-0.3, -0.25) is 0 Å². The lowest BCUT2D eigenvalue weighted by Crippen LogP contribution is -2.17. The van der Waals surface area contributed by atoms with E-state index >= 15 is 0 Å². The Morgan fingerprint density at radius 3 is 2.29 bits per heavy atom. The number of ether oxygens (including phenoxy) is 1. The number of nitrogens with zero attached hydrogens (tertiary/aromatic N) is 1. The molecule has 0 saturated carbocycles. The molecule has 2 aromatic rings. The van der Waals surface area contributed by atoms with Crippen molar-refractivity contribution in [3.63, 3.8) is 0 Å². The van der Waals surface area contributed by atoms with Crippen LogP contribution in [0.15, 0.2) is 47.2 Å². The molecule has 2 nitrogen and oxygen atoms in total. The summed E-state index contributed by atoms with van der Waals surface area (Å²) in [5, 5.41) is 0. The molecule has 90 valence electrons. The number of halogens is 4. The van der Waals surface area contributed by atoms with E-state index in [0.29, 0.717) is 0 Å². The van der Waals surface area contributed by atoms with Crippen molar-refractivity contribution in [1.82, 2.24) is 4.57 Å². The van der Waals surface area contributed by atoms with E-state index in [1.807, 2.05) is 12.1 Å². The summed E-state index contributed by atoms with van der Waals surface area (Å²) in [6.45, 7) is 0. The van der Waals surface area contributed by atoms with Crippen LogP contribution in [-0.4, -0.2) is 10.9 Å². The summed E-state index contributed by atoms with van der Waals surface area (Å²) in [6.07, 6.45) is -1.09. The molecule has 6 heteroatoms. The zero-order valence-corrected chi connectivity index (χ0v) is 9.99. The van der Waals surface area contributed by atoms with Gasteiger partial charge in [-0.05, 0) is 46.3 Å². The van der Waals surface area contributed by atoms with Crippen molar-refractivity contribution < 1.29 is 17.9 Å². The summed E-state index contributed by atoms with van der Waals surface area (Å²) in [6, 6.07) is 8.03. The molecule has 0 saturated heterocycles. The molecule has 2 rings (SSSR count). The Kier molecular flexibility index (Phi) is 3.15. The maximum Gasteiger partial charge on any atom is 0.573 e. The van der Waals surface area contributed by atoms with E-state index in [-0.39, 0.29) is 10.2 Å². The van der Waals surface area contributed by atoms with Gasteiger partial charge in [-0.15, -0.1) is 13.2 Å². The number of rotatable bonds is 2. The van der Waals surface area contributed by atoms with Crippen molar-refractivity contribution >= 4 is 15.9 Å². The average Bonchev–Trinajstić information content (AvgIpc) is 2.72. The molecule has 0 aliphatic rings. The summed E-state index contributed by atoms with van der Waals surface area (Å²) in [7, 11) is 0. The molecule has 1 heterocycles. The molecule has 0 unspecified atom stereocenters. The van der Waals surface area contributed by atoms with Crippen LogP contribution >= 0.6 is 15.9 Å². The minimum atomic E-state index is -4.68. The maximum atomic E-state index is 12.0. The van der Waals surface area contributed by atoms with Crippen LogP contribution in [0.1, 0.15) is 0 Å². The van der Waals surface area contributed by atoms with E-state index in [4.69, 9.17) is 0 Å². The van der Waals surface area contributed by atoms with E-state index < -0.39 is 6.36 Å². The van der Waals surface area contributed by atoms with Crippen LogP contribution in [-0.2, 0) is 0 Å². The molecule has 0 N–H and O–H groups in total. The van der Waals surface area contributed by atoms with Crippen molar-refractivity contribution in [1.29, 1.82) is 0 Å². The van der Waals surface area contributed by atoms with Crippen LogP contribution in [0.3, 0.4) is 0 Å². The molecular formula is C11H7BrF3NO. The van der Waals surface area contributed by atoms with Gasteiger partial charge in [0, 0.05) is 18.1 Å². The van der Waals surface area contributed by atoms with Gasteiger partial charge in [0.2, 0.25) is 0 Å². The smallest absolute Gasteiger partial charge is 0.405 e. The molecule has 0 fully saturated rings. The Balaban J connectivity index is 2.29. The standard InChI is InChI=1S/C11H7BrF3NO/c12-9-7-8(16-5-1-2-6-16)3-4-10(9)17-11(13,14)15/h1-7H. The molecular weight excluding hydrogens is 299 g/mol. The van der Waals surface area contributed by atoms with Crippen molar-refractivity contribution in [2.24, 2.45) is 0 Å². The van der Waals surface area contributed by atoms with Crippen LogP contribution < -0.4 is 4.74 Å². The van der Waals surface area contributed by atoms with E-state index in [1.54, 1.807) is 29.1 Å². The first-order chi connectivity index (χ1) is 7.96. The fraction of sp³-hybridized carbons (Fsp3) is 0.0909. The van der Waals surface area contributed by atoms with Crippen LogP contribution in [0.5, 0.6) is 5.75 Å². The highest BCUT2D eigenvalue weighted by Gasteiger charge is 2.31. The topological polar surface area (TPSA) is 14.2 Å². The van der Waals surface area contributed by atoms with Crippen LogP contribution in [0, 0.1) is 0 Å². The van der Waals surface area contributed by atoms with Crippen molar-refractivity contribution in [3.8, 4) is 11.4 Å². The Bertz CT molecular complexity index is 508. The zero-order chi connectivity index (χ0) is 12.5. The van der Waals surface area contributed by atoms with E-state index in [9.17, 15) is 13.2 Å².